The predicted molar refractivity (Wildman–Crippen MR) is 73.4 cm³/mol. The van der Waals surface area contributed by atoms with E-state index >= 15 is 0 Å². The maximum atomic E-state index is 12.5. The first-order valence-corrected chi connectivity index (χ1v) is 6.77. The quantitative estimate of drug-likeness (QED) is 0.871. The Morgan fingerprint density at radius 3 is 2.83 bits per heavy atom. The Morgan fingerprint density at radius 1 is 1.61 bits per heavy atom. The van der Waals surface area contributed by atoms with Crippen LogP contribution >= 0.6 is 0 Å². The van der Waals surface area contributed by atoms with Crippen molar-refractivity contribution in [2.45, 2.75) is 45.7 Å². The van der Waals surface area contributed by atoms with Gasteiger partial charge in [0.15, 0.2) is 0 Å². The van der Waals surface area contributed by atoms with Crippen LogP contribution in [0.15, 0.2) is 12.3 Å². The molecule has 0 aromatic carbocycles. The minimum atomic E-state index is 0.0829. The molecule has 0 spiro atoms. The van der Waals surface area contributed by atoms with Gasteiger partial charge in [-0.25, -0.2) is 0 Å². The second-order valence-electron chi connectivity index (χ2n) is 5.35. The minimum absolute atomic E-state index is 0.0829. The molecule has 1 atom stereocenters. The van der Waals surface area contributed by atoms with Crippen LogP contribution in [0, 0.1) is 5.92 Å². The molecule has 2 N–H and O–H groups in total. The third kappa shape index (κ3) is 2.52. The molecule has 4 nitrogen and oxygen atoms in total. The maximum Gasteiger partial charge on any atom is 0.270 e. The Labute approximate surface area is 109 Å². The number of aryl methyl sites for hydroxylation is 1. The van der Waals surface area contributed by atoms with E-state index < -0.39 is 0 Å². The van der Waals surface area contributed by atoms with Crippen LogP contribution in [-0.2, 0) is 6.54 Å². The van der Waals surface area contributed by atoms with Crippen molar-refractivity contribution in [1.29, 1.82) is 0 Å². The van der Waals surface area contributed by atoms with Gasteiger partial charge in [0.2, 0.25) is 0 Å². The van der Waals surface area contributed by atoms with Crippen LogP contribution < -0.4 is 5.73 Å². The normalized spacial score (nSPS) is 16.6. The third-order valence-electron chi connectivity index (χ3n) is 3.84. The Bertz CT molecular complexity index is 434. The summed E-state index contributed by atoms with van der Waals surface area (Å²) in [5, 5.41) is 0. The first-order valence-electron chi connectivity index (χ1n) is 6.77. The van der Waals surface area contributed by atoms with Gasteiger partial charge in [0.1, 0.15) is 5.69 Å². The lowest BCUT2D eigenvalue weighted by Crippen LogP contribution is -2.37. The predicted octanol–water partition coefficient (Wildman–Crippen LogP) is 2.35. The van der Waals surface area contributed by atoms with E-state index in [9.17, 15) is 4.79 Å². The van der Waals surface area contributed by atoms with Crippen molar-refractivity contribution in [1.82, 2.24) is 9.47 Å². The fraction of sp³-hybridized carbons (Fsp3) is 0.643. The molecular weight excluding hydrogens is 226 g/mol. The lowest BCUT2D eigenvalue weighted by molar-refractivity contribution is 0.0716. The van der Waals surface area contributed by atoms with Gasteiger partial charge in [-0.3, -0.25) is 4.79 Å². The highest BCUT2D eigenvalue weighted by atomic mass is 16.2. The second-order valence-corrected chi connectivity index (χ2v) is 5.35. The largest absolute Gasteiger partial charge is 0.397 e. The van der Waals surface area contributed by atoms with Gasteiger partial charge < -0.3 is 15.2 Å². The molecule has 1 amide bonds. The summed E-state index contributed by atoms with van der Waals surface area (Å²) in [4.78, 5) is 14.3. The molecule has 0 aliphatic heterocycles. The molecule has 2 rings (SSSR count). The van der Waals surface area contributed by atoms with Crippen molar-refractivity contribution in [2.24, 2.45) is 5.92 Å². The number of amides is 1. The summed E-state index contributed by atoms with van der Waals surface area (Å²) in [6, 6.07) is 2.11. The Kier molecular flexibility index (Phi) is 3.64. The Morgan fingerprint density at radius 2 is 2.28 bits per heavy atom. The number of hydrogen-bond donors (Lipinski definition) is 1. The third-order valence-corrected chi connectivity index (χ3v) is 3.84. The van der Waals surface area contributed by atoms with Crippen molar-refractivity contribution in [2.75, 3.05) is 12.8 Å². The number of rotatable bonds is 5. The van der Waals surface area contributed by atoms with E-state index in [1.165, 1.54) is 12.8 Å². The number of nitrogen functional groups attached to an aromatic ring is 1. The zero-order valence-corrected chi connectivity index (χ0v) is 11.5. The van der Waals surface area contributed by atoms with Gasteiger partial charge in [-0.15, -0.1) is 0 Å². The first-order chi connectivity index (χ1) is 8.54. The van der Waals surface area contributed by atoms with Crippen LogP contribution in [0.4, 0.5) is 5.69 Å². The molecule has 0 saturated heterocycles. The van der Waals surface area contributed by atoms with Gasteiger partial charge in [0.25, 0.3) is 5.91 Å². The van der Waals surface area contributed by atoms with Crippen LogP contribution in [0.1, 0.15) is 43.6 Å². The van der Waals surface area contributed by atoms with Gasteiger partial charge in [-0.1, -0.05) is 6.92 Å². The summed E-state index contributed by atoms with van der Waals surface area (Å²) < 4.78 is 1.97. The van der Waals surface area contributed by atoms with E-state index in [-0.39, 0.29) is 5.91 Å². The fourth-order valence-electron chi connectivity index (χ4n) is 2.40. The lowest BCUT2D eigenvalue weighted by Gasteiger charge is -2.25. The molecule has 1 fully saturated rings. The SMILES string of the molecule is CCCn1cc(N)cc1C(=O)N(C)C(C)C1CC1. The van der Waals surface area contributed by atoms with Gasteiger partial charge >= 0.3 is 0 Å². The van der Waals surface area contributed by atoms with E-state index in [4.69, 9.17) is 5.73 Å². The first kappa shape index (κ1) is 13.0. The van der Waals surface area contributed by atoms with Crippen molar-refractivity contribution in [3.63, 3.8) is 0 Å². The van der Waals surface area contributed by atoms with Gasteiger partial charge in [0, 0.05) is 25.8 Å². The highest BCUT2D eigenvalue weighted by Crippen LogP contribution is 2.35. The van der Waals surface area contributed by atoms with Crippen molar-refractivity contribution in [3.8, 4) is 0 Å². The molecule has 1 aliphatic rings. The van der Waals surface area contributed by atoms with Gasteiger partial charge in [-0.2, -0.15) is 0 Å². The number of carbonyl (C=O) groups excluding carboxylic acids is 1. The summed E-state index contributed by atoms with van der Waals surface area (Å²) >= 11 is 0. The Hall–Kier alpha value is -1.45. The molecule has 1 saturated carbocycles. The molecule has 1 aromatic rings. The number of hydrogen-bond acceptors (Lipinski definition) is 2. The number of anilines is 1. The van der Waals surface area contributed by atoms with E-state index in [0.29, 0.717) is 23.3 Å². The molecule has 1 aromatic heterocycles. The van der Waals surface area contributed by atoms with Crippen molar-refractivity contribution in [3.05, 3.63) is 18.0 Å². The van der Waals surface area contributed by atoms with Crippen LogP contribution in [0.3, 0.4) is 0 Å². The molecule has 0 bridgehead atoms. The summed E-state index contributed by atoms with van der Waals surface area (Å²) in [6.07, 6.45) is 5.34. The molecular formula is C14H23N3O. The standard InChI is InChI=1S/C14H23N3O/c1-4-7-17-9-12(15)8-13(17)14(18)16(3)10(2)11-5-6-11/h8-11H,4-7,15H2,1-3H3. The lowest BCUT2D eigenvalue weighted by atomic mass is 10.2. The van der Waals surface area contributed by atoms with E-state index in [1.807, 2.05) is 22.7 Å². The molecule has 1 unspecified atom stereocenters. The monoisotopic (exact) mass is 249 g/mol. The number of carbonyl (C=O) groups is 1. The average Bonchev–Trinajstić information content (AvgIpc) is 3.12. The van der Waals surface area contributed by atoms with Crippen LogP contribution in [-0.4, -0.2) is 28.5 Å². The average molecular weight is 249 g/mol. The summed E-state index contributed by atoms with van der Waals surface area (Å²) in [5.41, 5.74) is 7.18. The van der Waals surface area contributed by atoms with Crippen molar-refractivity contribution < 1.29 is 4.79 Å². The number of nitrogens with two attached hydrogens (primary N) is 1. The van der Waals surface area contributed by atoms with Gasteiger partial charge in [-0.05, 0) is 38.2 Å². The highest BCUT2D eigenvalue weighted by molar-refractivity contribution is 5.93. The fourth-order valence-corrected chi connectivity index (χ4v) is 2.40. The Balaban J connectivity index is 2.16. The minimum Gasteiger partial charge on any atom is -0.397 e. The highest BCUT2D eigenvalue weighted by Gasteiger charge is 2.33. The molecule has 100 valence electrons. The zero-order chi connectivity index (χ0) is 13.3. The summed E-state index contributed by atoms with van der Waals surface area (Å²) in [5.74, 6) is 0.769. The summed E-state index contributed by atoms with van der Waals surface area (Å²) in [6.45, 7) is 5.07. The van der Waals surface area contributed by atoms with Crippen LogP contribution in [0.2, 0.25) is 0 Å². The van der Waals surface area contributed by atoms with E-state index in [2.05, 4.69) is 13.8 Å². The second kappa shape index (κ2) is 5.04. The van der Waals surface area contributed by atoms with E-state index in [1.54, 1.807) is 6.07 Å². The van der Waals surface area contributed by atoms with Crippen LogP contribution in [0.25, 0.3) is 0 Å². The topological polar surface area (TPSA) is 51.3 Å². The maximum absolute atomic E-state index is 12.5. The molecule has 0 radical (unpaired) electrons. The van der Waals surface area contributed by atoms with Gasteiger partial charge in [0.05, 0.1) is 5.69 Å². The summed E-state index contributed by atoms with van der Waals surface area (Å²) in [7, 11) is 1.89. The zero-order valence-electron chi connectivity index (χ0n) is 11.5. The number of aromatic nitrogens is 1. The molecule has 1 aliphatic carbocycles. The molecule has 4 heteroatoms. The van der Waals surface area contributed by atoms with Crippen LogP contribution in [0.5, 0.6) is 0 Å². The number of nitrogens with zero attached hydrogens (tertiary/aromatic N) is 2. The smallest absolute Gasteiger partial charge is 0.270 e. The van der Waals surface area contributed by atoms with E-state index in [0.717, 1.165) is 13.0 Å². The van der Waals surface area contributed by atoms with Crippen molar-refractivity contribution >= 4 is 11.6 Å². The molecule has 1 heterocycles. The molecule has 18 heavy (non-hydrogen) atoms.